The van der Waals surface area contributed by atoms with Crippen molar-refractivity contribution in [2.45, 2.75) is 0 Å². The van der Waals surface area contributed by atoms with Gasteiger partial charge < -0.3 is 4.42 Å². The molecule has 0 unspecified atom stereocenters. The smallest absolute Gasteiger partial charge is 0.227 e. The van der Waals surface area contributed by atoms with Gasteiger partial charge in [0.1, 0.15) is 11.6 Å². The lowest BCUT2D eigenvalue weighted by atomic mass is 10.0. The molecule has 24 heavy (non-hydrogen) atoms. The lowest BCUT2D eigenvalue weighted by Crippen LogP contribution is -1.84. The molecule has 1 aromatic heterocycles. The quantitative estimate of drug-likeness (QED) is 0.474. The Morgan fingerprint density at radius 1 is 0.875 bits per heavy atom. The number of hydrogen-bond donors (Lipinski definition) is 0. The van der Waals surface area contributed by atoms with Crippen molar-refractivity contribution >= 4 is 22.7 Å². The van der Waals surface area contributed by atoms with E-state index in [2.05, 4.69) is 11.1 Å². The molecule has 0 N–H and O–H groups in total. The van der Waals surface area contributed by atoms with E-state index in [0.717, 1.165) is 27.8 Å². The van der Waals surface area contributed by atoms with Crippen LogP contribution >= 0.6 is 11.6 Å². The first-order valence-corrected chi connectivity index (χ1v) is 7.78. The van der Waals surface area contributed by atoms with Crippen molar-refractivity contribution in [2.24, 2.45) is 0 Å². The van der Waals surface area contributed by atoms with Gasteiger partial charge in [-0.05, 0) is 47.5 Å². The zero-order valence-electron chi connectivity index (χ0n) is 12.5. The minimum atomic E-state index is 0.455. The first-order chi connectivity index (χ1) is 11.7. The van der Waals surface area contributed by atoms with Crippen molar-refractivity contribution in [1.29, 1.82) is 5.26 Å². The highest BCUT2D eigenvalue weighted by molar-refractivity contribution is 6.31. The molecule has 0 aliphatic carbocycles. The SMILES string of the molecule is N#Cc1cc(-c2cccc(-c3nc4ccccc4o3)c2)ccc1Cl. The van der Waals surface area contributed by atoms with Crippen LogP contribution in [0.15, 0.2) is 71.1 Å². The maximum Gasteiger partial charge on any atom is 0.227 e. The monoisotopic (exact) mass is 330 g/mol. The lowest BCUT2D eigenvalue weighted by molar-refractivity contribution is 0.620. The maximum absolute atomic E-state index is 9.14. The molecule has 0 saturated heterocycles. The van der Waals surface area contributed by atoms with Crippen LogP contribution in [0.3, 0.4) is 0 Å². The number of benzene rings is 3. The molecule has 0 bridgehead atoms. The van der Waals surface area contributed by atoms with E-state index in [1.165, 1.54) is 0 Å². The number of rotatable bonds is 2. The minimum absolute atomic E-state index is 0.455. The van der Waals surface area contributed by atoms with Gasteiger partial charge in [-0.3, -0.25) is 0 Å². The van der Waals surface area contributed by atoms with Gasteiger partial charge in [0, 0.05) is 5.56 Å². The molecule has 4 rings (SSSR count). The molecular weight excluding hydrogens is 320 g/mol. The summed E-state index contributed by atoms with van der Waals surface area (Å²) in [6.07, 6.45) is 0. The van der Waals surface area contributed by atoms with Crippen molar-refractivity contribution < 1.29 is 4.42 Å². The minimum Gasteiger partial charge on any atom is -0.436 e. The zero-order chi connectivity index (χ0) is 16.5. The number of nitriles is 1. The van der Waals surface area contributed by atoms with Gasteiger partial charge in [0.2, 0.25) is 5.89 Å². The van der Waals surface area contributed by atoms with Crippen LogP contribution in [-0.4, -0.2) is 4.98 Å². The van der Waals surface area contributed by atoms with Crippen LogP contribution < -0.4 is 0 Å². The summed E-state index contributed by atoms with van der Waals surface area (Å²) in [5, 5.41) is 9.60. The number of oxazole rings is 1. The van der Waals surface area contributed by atoms with Gasteiger partial charge >= 0.3 is 0 Å². The summed E-state index contributed by atoms with van der Waals surface area (Å²) >= 11 is 6.01. The third kappa shape index (κ3) is 2.54. The molecule has 0 saturated carbocycles. The van der Waals surface area contributed by atoms with E-state index in [4.69, 9.17) is 21.3 Å². The Balaban J connectivity index is 1.80. The molecule has 0 spiro atoms. The number of nitrogens with zero attached hydrogens (tertiary/aromatic N) is 2. The first-order valence-electron chi connectivity index (χ1n) is 7.40. The number of fused-ring (bicyclic) bond motifs is 1. The Morgan fingerprint density at radius 2 is 1.67 bits per heavy atom. The Labute approximate surface area is 143 Å². The van der Waals surface area contributed by atoms with E-state index < -0.39 is 0 Å². The summed E-state index contributed by atoms with van der Waals surface area (Å²) in [6, 6.07) is 23.1. The molecule has 4 aromatic rings. The molecule has 0 aliphatic heterocycles. The predicted octanol–water partition coefficient (Wildman–Crippen LogP) is 5.69. The normalized spacial score (nSPS) is 10.7. The number of aromatic nitrogens is 1. The second kappa shape index (κ2) is 5.84. The third-order valence-electron chi connectivity index (χ3n) is 3.82. The lowest BCUT2D eigenvalue weighted by Gasteiger charge is -2.05. The number of hydrogen-bond acceptors (Lipinski definition) is 3. The van der Waals surface area contributed by atoms with Gasteiger partial charge in [0.15, 0.2) is 5.58 Å². The van der Waals surface area contributed by atoms with Crippen molar-refractivity contribution in [1.82, 2.24) is 4.98 Å². The average molecular weight is 331 g/mol. The van der Waals surface area contributed by atoms with Gasteiger partial charge in [-0.1, -0.05) is 41.9 Å². The van der Waals surface area contributed by atoms with E-state index in [9.17, 15) is 0 Å². The molecule has 0 atom stereocenters. The van der Waals surface area contributed by atoms with E-state index in [1.54, 1.807) is 12.1 Å². The van der Waals surface area contributed by atoms with Crippen LogP contribution in [0.4, 0.5) is 0 Å². The molecule has 0 amide bonds. The summed E-state index contributed by atoms with van der Waals surface area (Å²) < 4.78 is 5.82. The molecule has 3 nitrogen and oxygen atoms in total. The summed E-state index contributed by atoms with van der Waals surface area (Å²) in [6.45, 7) is 0. The van der Waals surface area contributed by atoms with Crippen LogP contribution in [0, 0.1) is 11.3 Å². The topological polar surface area (TPSA) is 49.8 Å². The zero-order valence-corrected chi connectivity index (χ0v) is 13.3. The van der Waals surface area contributed by atoms with Crippen LogP contribution in [0.1, 0.15) is 5.56 Å². The number of halogens is 1. The average Bonchev–Trinajstić information content (AvgIpc) is 3.06. The van der Waals surface area contributed by atoms with E-state index in [0.29, 0.717) is 16.5 Å². The van der Waals surface area contributed by atoms with E-state index >= 15 is 0 Å². The van der Waals surface area contributed by atoms with Gasteiger partial charge in [-0.2, -0.15) is 5.26 Å². The van der Waals surface area contributed by atoms with Crippen molar-refractivity contribution in [2.75, 3.05) is 0 Å². The standard InChI is InChI=1S/C20H11ClN2O/c21-17-9-8-14(11-16(17)12-22)13-4-3-5-15(10-13)20-23-18-6-1-2-7-19(18)24-20/h1-11H. The molecule has 3 aromatic carbocycles. The highest BCUT2D eigenvalue weighted by Crippen LogP contribution is 2.30. The van der Waals surface area contributed by atoms with E-state index in [-0.39, 0.29) is 0 Å². The molecule has 0 aliphatic rings. The Bertz CT molecular complexity index is 1060. The van der Waals surface area contributed by atoms with Crippen LogP contribution in [0.5, 0.6) is 0 Å². The van der Waals surface area contributed by atoms with E-state index in [1.807, 2.05) is 54.6 Å². The van der Waals surface area contributed by atoms with Crippen LogP contribution in [-0.2, 0) is 0 Å². The maximum atomic E-state index is 9.14. The molecule has 0 fully saturated rings. The fraction of sp³-hybridized carbons (Fsp3) is 0. The second-order valence-corrected chi connectivity index (χ2v) is 5.78. The summed E-state index contributed by atoms with van der Waals surface area (Å²) in [7, 11) is 0. The Morgan fingerprint density at radius 3 is 2.50 bits per heavy atom. The molecule has 1 heterocycles. The highest BCUT2D eigenvalue weighted by Gasteiger charge is 2.10. The third-order valence-corrected chi connectivity index (χ3v) is 4.15. The van der Waals surface area contributed by atoms with Gasteiger partial charge in [0.05, 0.1) is 10.6 Å². The molecule has 0 radical (unpaired) electrons. The Hall–Kier alpha value is -3.09. The van der Waals surface area contributed by atoms with Crippen molar-refractivity contribution in [3.8, 4) is 28.7 Å². The fourth-order valence-electron chi connectivity index (χ4n) is 2.62. The second-order valence-electron chi connectivity index (χ2n) is 5.37. The van der Waals surface area contributed by atoms with Gasteiger partial charge in [-0.25, -0.2) is 4.98 Å². The van der Waals surface area contributed by atoms with Crippen LogP contribution in [0.2, 0.25) is 5.02 Å². The Kier molecular flexibility index (Phi) is 3.53. The molecular formula is C20H11ClN2O. The summed E-state index contributed by atoms with van der Waals surface area (Å²) in [4.78, 5) is 4.53. The van der Waals surface area contributed by atoms with Crippen molar-refractivity contribution in [3.05, 3.63) is 77.3 Å². The predicted molar refractivity (Wildman–Crippen MR) is 94.6 cm³/mol. The highest BCUT2D eigenvalue weighted by atomic mass is 35.5. The van der Waals surface area contributed by atoms with Crippen LogP contribution in [0.25, 0.3) is 33.7 Å². The summed E-state index contributed by atoms with van der Waals surface area (Å²) in [5.74, 6) is 0.576. The van der Waals surface area contributed by atoms with Gasteiger partial charge in [0.25, 0.3) is 0 Å². The fourth-order valence-corrected chi connectivity index (χ4v) is 2.78. The number of para-hydroxylation sites is 2. The first kappa shape index (κ1) is 14.5. The summed E-state index contributed by atoms with van der Waals surface area (Å²) in [5.41, 5.74) is 4.84. The molecule has 4 heteroatoms. The molecule has 114 valence electrons. The van der Waals surface area contributed by atoms with Gasteiger partial charge in [-0.15, -0.1) is 0 Å². The van der Waals surface area contributed by atoms with Crippen molar-refractivity contribution in [3.63, 3.8) is 0 Å². The largest absolute Gasteiger partial charge is 0.436 e.